The predicted molar refractivity (Wildman–Crippen MR) is 140 cm³/mol. The molecule has 5 nitrogen and oxygen atoms in total. The van der Waals surface area contributed by atoms with E-state index in [1.807, 2.05) is 23.1 Å². The second-order valence-corrected chi connectivity index (χ2v) is 10.0. The maximum absolute atomic E-state index is 13.2. The van der Waals surface area contributed by atoms with E-state index in [0.29, 0.717) is 0 Å². The molecule has 3 heterocycles. The van der Waals surface area contributed by atoms with Crippen LogP contribution < -0.4 is 4.90 Å². The zero-order valence-corrected chi connectivity index (χ0v) is 20.2. The van der Waals surface area contributed by atoms with Gasteiger partial charge in [-0.2, -0.15) is 0 Å². The van der Waals surface area contributed by atoms with Crippen LogP contribution in [0.25, 0.3) is 26.4 Å². The van der Waals surface area contributed by atoms with Crippen molar-refractivity contribution < 1.29 is 4.79 Å². The average molecular weight is 467 g/mol. The van der Waals surface area contributed by atoms with Gasteiger partial charge in [0, 0.05) is 49.2 Å². The van der Waals surface area contributed by atoms with Crippen molar-refractivity contribution in [3.63, 3.8) is 0 Å². The van der Waals surface area contributed by atoms with E-state index in [1.54, 1.807) is 11.3 Å². The molecule has 1 amide bonds. The van der Waals surface area contributed by atoms with Gasteiger partial charge in [0.2, 0.25) is 0 Å². The molecule has 0 atom stereocenters. The van der Waals surface area contributed by atoms with Crippen molar-refractivity contribution in [3.05, 3.63) is 89.6 Å². The van der Waals surface area contributed by atoms with Gasteiger partial charge < -0.3 is 9.80 Å². The number of hydrogen-bond acceptors (Lipinski definition) is 4. The molecule has 0 radical (unpaired) electrons. The first kappa shape index (κ1) is 20.9. The Morgan fingerprint density at radius 2 is 1.71 bits per heavy atom. The normalized spacial score (nSPS) is 14.3. The summed E-state index contributed by atoms with van der Waals surface area (Å²) < 4.78 is 3.23. The van der Waals surface area contributed by atoms with Crippen LogP contribution in [0.3, 0.4) is 0 Å². The molecular formula is C28H26N4OS. The molecule has 3 aromatic carbocycles. The maximum Gasteiger partial charge on any atom is 0.254 e. The summed E-state index contributed by atoms with van der Waals surface area (Å²) in [5.41, 5.74) is 7.70. The number of thiazole rings is 1. The Labute approximate surface area is 202 Å². The van der Waals surface area contributed by atoms with Crippen molar-refractivity contribution in [1.29, 1.82) is 0 Å². The fourth-order valence-corrected chi connectivity index (χ4v) is 5.90. The summed E-state index contributed by atoms with van der Waals surface area (Å²) >= 11 is 1.63. The van der Waals surface area contributed by atoms with E-state index >= 15 is 0 Å². The summed E-state index contributed by atoms with van der Waals surface area (Å²) in [6, 6.07) is 22.9. The largest absolute Gasteiger partial charge is 0.368 e. The number of aryl methyl sites for hydroxylation is 2. The van der Waals surface area contributed by atoms with Gasteiger partial charge in [0.25, 0.3) is 5.91 Å². The van der Waals surface area contributed by atoms with Gasteiger partial charge in [0.15, 0.2) is 4.96 Å². The average Bonchev–Trinajstić information content (AvgIpc) is 3.42. The molecule has 1 aliphatic rings. The highest BCUT2D eigenvalue weighted by Gasteiger charge is 2.23. The Balaban J connectivity index is 1.23. The molecule has 2 aromatic heterocycles. The fraction of sp³-hybridized carbons (Fsp3) is 0.214. The molecular weight excluding hydrogens is 440 g/mol. The van der Waals surface area contributed by atoms with E-state index in [2.05, 4.69) is 77.9 Å². The number of carbonyl (C=O) groups excluding carboxylic acids is 1. The van der Waals surface area contributed by atoms with Gasteiger partial charge in [-0.15, -0.1) is 0 Å². The molecule has 5 aromatic rings. The molecule has 0 spiro atoms. The van der Waals surface area contributed by atoms with Gasteiger partial charge in [-0.1, -0.05) is 53.3 Å². The van der Waals surface area contributed by atoms with Gasteiger partial charge in [-0.25, -0.2) is 4.98 Å². The standard InChI is InChI=1S/C28H26N4OS/c1-19-8-10-23(20(2)16-19)24-18-32-25-11-9-21(17-26(25)34-28(32)29-24)27(33)31-14-12-30(13-15-31)22-6-4-3-5-7-22/h3-11,16-18H,12-15H2,1-2H3. The van der Waals surface area contributed by atoms with Gasteiger partial charge in [-0.05, 0) is 49.7 Å². The monoisotopic (exact) mass is 466 g/mol. The number of fused-ring (bicyclic) bond motifs is 3. The molecule has 1 aliphatic heterocycles. The van der Waals surface area contributed by atoms with Crippen LogP contribution in [0, 0.1) is 13.8 Å². The first-order valence-corrected chi connectivity index (χ1v) is 12.5. The third-order valence-electron chi connectivity index (χ3n) is 6.69. The topological polar surface area (TPSA) is 40.9 Å². The van der Waals surface area contributed by atoms with Crippen molar-refractivity contribution in [2.75, 3.05) is 31.1 Å². The van der Waals surface area contributed by atoms with Crippen LogP contribution in [0.4, 0.5) is 5.69 Å². The minimum Gasteiger partial charge on any atom is -0.368 e. The molecule has 0 aliphatic carbocycles. The Morgan fingerprint density at radius 1 is 0.912 bits per heavy atom. The van der Waals surface area contributed by atoms with Crippen molar-refractivity contribution in [2.45, 2.75) is 13.8 Å². The van der Waals surface area contributed by atoms with E-state index in [-0.39, 0.29) is 5.91 Å². The minimum atomic E-state index is 0.108. The van der Waals surface area contributed by atoms with Crippen molar-refractivity contribution in [1.82, 2.24) is 14.3 Å². The van der Waals surface area contributed by atoms with Crippen molar-refractivity contribution in [2.24, 2.45) is 0 Å². The lowest BCUT2D eigenvalue weighted by molar-refractivity contribution is 0.0747. The zero-order valence-electron chi connectivity index (χ0n) is 19.4. The summed E-state index contributed by atoms with van der Waals surface area (Å²) in [7, 11) is 0. The number of anilines is 1. The Hall–Kier alpha value is -3.64. The fourth-order valence-electron chi connectivity index (χ4n) is 4.85. The molecule has 0 bridgehead atoms. The van der Waals surface area contributed by atoms with E-state index in [4.69, 9.17) is 4.98 Å². The van der Waals surface area contributed by atoms with Crippen LogP contribution in [0.1, 0.15) is 21.5 Å². The molecule has 6 heteroatoms. The van der Waals surface area contributed by atoms with Gasteiger partial charge in [-0.3, -0.25) is 9.20 Å². The zero-order chi connectivity index (χ0) is 23.2. The summed E-state index contributed by atoms with van der Waals surface area (Å²) in [4.78, 5) is 23.4. The lowest BCUT2D eigenvalue weighted by Crippen LogP contribution is -2.48. The van der Waals surface area contributed by atoms with E-state index in [9.17, 15) is 4.79 Å². The highest BCUT2D eigenvalue weighted by atomic mass is 32.1. The van der Waals surface area contributed by atoms with E-state index in [1.165, 1.54) is 16.8 Å². The minimum absolute atomic E-state index is 0.108. The number of piperazine rings is 1. The Kier molecular flexibility index (Phi) is 5.11. The maximum atomic E-state index is 13.2. The Bertz CT molecular complexity index is 1510. The number of rotatable bonds is 3. The number of nitrogens with zero attached hydrogens (tertiary/aromatic N) is 4. The molecule has 0 unspecified atom stereocenters. The van der Waals surface area contributed by atoms with Crippen molar-refractivity contribution in [3.8, 4) is 11.3 Å². The van der Waals surface area contributed by atoms with Crippen LogP contribution in [0.15, 0.2) is 72.9 Å². The summed E-state index contributed by atoms with van der Waals surface area (Å²) in [5.74, 6) is 0.108. The summed E-state index contributed by atoms with van der Waals surface area (Å²) in [6.07, 6.45) is 2.11. The summed E-state index contributed by atoms with van der Waals surface area (Å²) in [6.45, 7) is 7.42. The molecule has 34 heavy (non-hydrogen) atoms. The molecule has 6 rings (SSSR count). The van der Waals surface area contributed by atoms with Crippen LogP contribution in [-0.4, -0.2) is 46.4 Å². The number of carbonyl (C=O) groups is 1. The van der Waals surface area contributed by atoms with Gasteiger partial charge >= 0.3 is 0 Å². The third kappa shape index (κ3) is 3.64. The first-order chi connectivity index (χ1) is 16.6. The molecule has 1 fully saturated rings. The van der Waals surface area contributed by atoms with Gasteiger partial charge in [0.1, 0.15) is 0 Å². The predicted octanol–water partition coefficient (Wildman–Crippen LogP) is 5.80. The number of hydrogen-bond donors (Lipinski definition) is 0. The quantitative estimate of drug-likeness (QED) is 0.338. The third-order valence-corrected chi connectivity index (χ3v) is 7.70. The highest BCUT2D eigenvalue weighted by molar-refractivity contribution is 7.23. The number of aromatic nitrogens is 2. The highest BCUT2D eigenvalue weighted by Crippen LogP contribution is 2.32. The second kappa shape index (κ2) is 8.29. The van der Waals surface area contributed by atoms with Crippen LogP contribution in [0.2, 0.25) is 0 Å². The SMILES string of the molecule is Cc1ccc(-c2cn3c(n2)sc2cc(C(=O)N4CCN(c5ccccc5)CC4)ccc23)c(C)c1. The van der Waals surface area contributed by atoms with Crippen molar-refractivity contribution >= 4 is 38.1 Å². The first-order valence-electron chi connectivity index (χ1n) is 11.7. The van der Waals surface area contributed by atoms with Crippen LogP contribution >= 0.6 is 11.3 Å². The Morgan fingerprint density at radius 3 is 2.47 bits per heavy atom. The lowest BCUT2D eigenvalue weighted by atomic mass is 10.0. The van der Waals surface area contributed by atoms with Gasteiger partial charge in [0.05, 0.1) is 15.9 Å². The smallest absolute Gasteiger partial charge is 0.254 e. The summed E-state index contributed by atoms with van der Waals surface area (Å²) in [5, 5.41) is 0. The van der Waals surface area contributed by atoms with E-state index in [0.717, 1.165) is 58.2 Å². The number of imidazole rings is 1. The second-order valence-electron chi connectivity index (χ2n) is 9.00. The van der Waals surface area contributed by atoms with E-state index < -0.39 is 0 Å². The number of amides is 1. The van der Waals surface area contributed by atoms with Crippen LogP contribution in [0.5, 0.6) is 0 Å². The molecule has 0 saturated carbocycles. The molecule has 170 valence electrons. The molecule has 1 saturated heterocycles. The number of benzene rings is 3. The van der Waals surface area contributed by atoms with Crippen LogP contribution in [-0.2, 0) is 0 Å². The number of para-hydroxylation sites is 1. The lowest BCUT2D eigenvalue weighted by Gasteiger charge is -2.36. The molecule has 0 N–H and O–H groups in total.